The zero-order chi connectivity index (χ0) is 17.9. The van der Waals surface area contributed by atoms with E-state index in [1.54, 1.807) is 0 Å². The molecule has 0 aliphatic rings. The highest BCUT2D eigenvalue weighted by Crippen LogP contribution is 2.22. The first kappa shape index (κ1) is 17.9. The molecule has 0 saturated heterocycles. The summed E-state index contributed by atoms with van der Waals surface area (Å²) in [6.45, 7) is 5.55. The van der Waals surface area contributed by atoms with Crippen molar-refractivity contribution in [1.82, 2.24) is 5.32 Å². The fourth-order valence-corrected chi connectivity index (χ4v) is 2.61. The summed E-state index contributed by atoms with van der Waals surface area (Å²) in [4.78, 5) is 12.0. The number of carbonyl (C=O) groups excluding carboxylic acids is 1. The summed E-state index contributed by atoms with van der Waals surface area (Å²) in [6.07, 6.45) is -1.27. The topological polar surface area (TPSA) is 61.4 Å². The Bertz CT molecular complexity index is 740. The molecule has 6 heteroatoms. The Labute approximate surface area is 139 Å². The molecule has 0 aromatic heterocycles. The molecule has 2 aromatic rings. The number of nitrogens with one attached hydrogen (secondary N) is 2. The fourth-order valence-electron chi connectivity index (χ4n) is 2.61. The standard InChI is InChI=1S/C18H20F2N2O2/c1-10-6-11(2)17(12(3)7-10)22-18(24)21-9-16(23)14-5-4-13(19)8-15(14)20/h4-8,16,23H,9H2,1-3H3,(H2,21,22,24)/t16-/m0/s1. The third-order valence-corrected chi connectivity index (χ3v) is 3.69. The molecule has 2 aromatic carbocycles. The van der Waals surface area contributed by atoms with E-state index in [1.165, 1.54) is 0 Å². The van der Waals surface area contributed by atoms with E-state index in [0.29, 0.717) is 11.8 Å². The molecule has 1 atom stereocenters. The zero-order valence-electron chi connectivity index (χ0n) is 13.8. The van der Waals surface area contributed by atoms with E-state index in [1.807, 2.05) is 32.9 Å². The van der Waals surface area contributed by atoms with Gasteiger partial charge in [-0.05, 0) is 38.0 Å². The molecular weight excluding hydrogens is 314 g/mol. The van der Waals surface area contributed by atoms with E-state index < -0.39 is 23.8 Å². The molecule has 0 saturated carbocycles. The predicted octanol–water partition coefficient (Wildman–Crippen LogP) is 3.75. The van der Waals surface area contributed by atoms with Gasteiger partial charge in [0.2, 0.25) is 0 Å². The van der Waals surface area contributed by atoms with Gasteiger partial charge in [-0.1, -0.05) is 23.8 Å². The van der Waals surface area contributed by atoms with E-state index in [4.69, 9.17) is 0 Å². The first-order valence-corrected chi connectivity index (χ1v) is 7.53. The van der Waals surface area contributed by atoms with Crippen LogP contribution in [0.25, 0.3) is 0 Å². The van der Waals surface area contributed by atoms with Gasteiger partial charge in [0.05, 0.1) is 6.10 Å². The van der Waals surface area contributed by atoms with Crippen molar-refractivity contribution in [2.24, 2.45) is 0 Å². The van der Waals surface area contributed by atoms with Crippen LogP contribution in [-0.4, -0.2) is 17.7 Å². The van der Waals surface area contributed by atoms with Gasteiger partial charge >= 0.3 is 6.03 Å². The van der Waals surface area contributed by atoms with Crippen LogP contribution in [-0.2, 0) is 0 Å². The summed E-state index contributed by atoms with van der Waals surface area (Å²) in [5, 5.41) is 15.1. The molecule has 0 unspecified atom stereocenters. The number of aryl methyl sites for hydroxylation is 3. The number of anilines is 1. The summed E-state index contributed by atoms with van der Waals surface area (Å²) < 4.78 is 26.5. The summed E-state index contributed by atoms with van der Waals surface area (Å²) in [5.74, 6) is -1.57. The Hall–Kier alpha value is -2.47. The smallest absolute Gasteiger partial charge is 0.319 e. The Kier molecular flexibility index (Phi) is 5.51. The molecule has 0 heterocycles. The van der Waals surface area contributed by atoms with Gasteiger partial charge in [-0.3, -0.25) is 0 Å². The summed E-state index contributed by atoms with van der Waals surface area (Å²) in [6, 6.07) is 6.30. The molecular formula is C18H20F2N2O2. The van der Waals surface area contributed by atoms with Gasteiger partial charge < -0.3 is 15.7 Å². The van der Waals surface area contributed by atoms with Gasteiger partial charge in [-0.25, -0.2) is 13.6 Å². The van der Waals surface area contributed by atoms with Crippen LogP contribution in [0.4, 0.5) is 19.3 Å². The number of urea groups is 1. The Morgan fingerprint density at radius 1 is 1.12 bits per heavy atom. The number of hydrogen-bond donors (Lipinski definition) is 3. The zero-order valence-corrected chi connectivity index (χ0v) is 13.8. The van der Waals surface area contributed by atoms with Crippen molar-refractivity contribution < 1.29 is 18.7 Å². The number of aliphatic hydroxyl groups excluding tert-OH is 1. The second-order valence-electron chi connectivity index (χ2n) is 5.79. The fraction of sp³-hybridized carbons (Fsp3) is 0.278. The van der Waals surface area contributed by atoms with Crippen LogP contribution >= 0.6 is 0 Å². The van der Waals surface area contributed by atoms with Crippen LogP contribution in [0.15, 0.2) is 30.3 Å². The average Bonchev–Trinajstić information content (AvgIpc) is 2.48. The molecule has 0 aliphatic carbocycles. The van der Waals surface area contributed by atoms with Crippen LogP contribution < -0.4 is 10.6 Å². The minimum absolute atomic E-state index is 0.0700. The highest BCUT2D eigenvalue weighted by atomic mass is 19.1. The van der Waals surface area contributed by atoms with Crippen LogP contribution in [0.3, 0.4) is 0 Å². The predicted molar refractivity (Wildman–Crippen MR) is 89.0 cm³/mol. The minimum Gasteiger partial charge on any atom is -0.386 e. The number of carbonyl (C=O) groups is 1. The van der Waals surface area contributed by atoms with E-state index >= 15 is 0 Å². The van der Waals surface area contributed by atoms with Gasteiger partial charge in [0.25, 0.3) is 0 Å². The lowest BCUT2D eigenvalue weighted by atomic mass is 10.1. The van der Waals surface area contributed by atoms with Gasteiger partial charge in [-0.2, -0.15) is 0 Å². The lowest BCUT2D eigenvalue weighted by molar-refractivity contribution is 0.170. The van der Waals surface area contributed by atoms with E-state index in [9.17, 15) is 18.7 Å². The summed E-state index contributed by atoms with van der Waals surface area (Å²) >= 11 is 0. The number of amides is 2. The van der Waals surface area contributed by atoms with Crippen molar-refractivity contribution in [3.05, 3.63) is 64.2 Å². The van der Waals surface area contributed by atoms with Gasteiger partial charge in [0.15, 0.2) is 0 Å². The van der Waals surface area contributed by atoms with E-state index in [-0.39, 0.29) is 12.1 Å². The molecule has 0 fully saturated rings. The third kappa shape index (κ3) is 4.29. The number of halogens is 2. The third-order valence-electron chi connectivity index (χ3n) is 3.69. The molecule has 0 spiro atoms. The quantitative estimate of drug-likeness (QED) is 0.797. The number of rotatable bonds is 4. The highest BCUT2D eigenvalue weighted by Gasteiger charge is 2.15. The van der Waals surface area contributed by atoms with Crippen molar-refractivity contribution in [3.63, 3.8) is 0 Å². The molecule has 0 aliphatic heterocycles. The molecule has 2 amide bonds. The number of benzene rings is 2. The number of aliphatic hydroxyl groups is 1. The van der Waals surface area contributed by atoms with E-state index in [0.717, 1.165) is 28.8 Å². The Balaban J connectivity index is 1.98. The number of hydrogen-bond acceptors (Lipinski definition) is 2. The molecule has 128 valence electrons. The normalized spacial score (nSPS) is 11.9. The first-order chi connectivity index (χ1) is 11.3. The van der Waals surface area contributed by atoms with Crippen LogP contribution in [0.5, 0.6) is 0 Å². The van der Waals surface area contributed by atoms with Gasteiger partial charge in [0, 0.05) is 23.9 Å². The second kappa shape index (κ2) is 7.40. The van der Waals surface area contributed by atoms with Crippen molar-refractivity contribution in [1.29, 1.82) is 0 Å². The second-order valence-corrected chi connectivity index (χ2v) is 5.79. The molecule has 24 heavy (non-hydrogen) atoms. The van der Waals surface area contributed by atoms with Gasteiger partial charge in [0.1, 0.15) is 11.6 Å². The van der Waals surface area contributed by atoms with Crippen LogP contribution in [0, 0.1) is 32.4 Å². The molecule has 0 bridgehead atoms. The van der Waals surface area contributed by atoms with Crippen LogP contribution in [0.2, 0.25) is 0 Å². The maximum absolute atomic E-state index is 13.6. The monoisotopic (exact) mass is 334 g/mol. The SMILES string of the molecule is Cc1cc(C)c(NC(=O)NC[C@H](O)c2ccc(F)cc2F)c(C)c1. The average molecular weight is 334 g/mol. The van der Waals surface area contributed by atoms with Crippen molar-refractivity contribution in [3.8, 4) is 0 Å². The van der Waals surface area contributed by atoms with Crippen molar-refractivity contribution >= 4 is 11.7 Å². The molecule has 2 rings (SSSR count). The highest BCUT2D eigenvalue weighted by molar-refractivity contribution is 5.91. The lowest BCUT2D eigenvalue weighted by Gasteiger charge is -2.16. The molecule has 0 radical (unpaired) electrons. The van der Waals surface area contributed by atoms with Crippen LogP contribution in [0.1, 0.15) is 28.4 Å². The Morgan fingerprint density at radius 3 is 2.33 bits per heavy atom. The lowest BCUT2D eigenvalue weighted by Crippen LogP contribution is -2.33. The maximum Gasteiger partial charge on any atom is 0.319 e. The molecule has 4 nitrogen and oxygen atoms in total. The minimum atomic E-state index is -1.27. The Morgan fingerprint density at radius 2 is 1.75 bits per heavy atom. The largest absolute Gasteiger partial charge is 0.386 e. The van der Waals surface area contributed by atoms with Gasteiger partial charge in [-0.15, -0.1) is 0 Å². The summed E-state index contributed by atoms with van der Waals surface area (Å²) in [5.41, 5.74) is 3.57. The van der Waals surface area contributed by atoms with E-state index in [2.05, 4.69) is 10.6 Å². The maximum atomic E-state index is 13.6. The van der Waals surface area contributed by atoms with Crippen molar-refractivity contribution in [2.75, 3.05) is 11.9 Å². The van der Waals surface area contributed by atoms with Crippen molar-refractivity contribution in [2.45, 2.75) is 26.9 Å². The summed E-state index contributed by atoms with van der Waals surface area (Å²) in [7, 11) is 0. The first-order valence-electron chi connectivity index (χ1n) is 7.53. The molecule has 3 N–H and O–H groups in total.